The molecule has 19 rings (SSSR count). The summed E-state index contributed by atoms with van der Waals surface area (Å²) in [5.74, 6) is -2.61. The number of nitrogens with zero attached hydrogens (tertiary/aromatic N) is 4. The Morgan fingerprint density at radius 2 is 0.684 bits per heavy atom. The smallest absolute Gasteiger partial charge is 0.190 e. The van der Waals surface area contributed by atoms with Gasteiger partial charge < -0.3 is 111 Å². The maximum atomic E-state index is 13.8. The van der Waals surface area contributed by atoms with E-state index in [0.717, 1.165) is 67.5 Å². The van der Waals surface area contributed by atoms with Crippen molar-refractivity contribution in [2.75, 3.05) is 109 Å². The van der Waals surface area contributed by atoms with Crippen molar-refractivity contribution in [1.29, 1.82) is 0 Å². The van der Waals surface area contributed by atoms with Gasteiger partial charge in [-0.1, -0.05) is 11.1 Å². The lowest BCUT2D eigenvalue weighted by atomic mass is 9.80. The number of phenolic OH excluding ortho intramolecular Hbond substituents is 6. The number of hydrogen-bond donors (Lipinski definition) is 14. The average Bonchev–Trinajstić information content (AvgIpc) is 1.58. The van der Waals surface area contributed by atoms with E-state index in [0.29, 0.717) is 149 Å². The van der Waals surface area contributed by atoms with Crippen LogP contribution in [-0.4, -0.2) is 196 Å². The monoisotopic (exact) mass is 1810 g/mol. The molecule has 0 spiro atoms. The van der Waals surface area contributed by atoms with E-state index in [-0.39, 0.29) is 158 Å². The van der Waals surface area contributed by atoms with E-state index < -0.39 is 83.7 Å². The molecule has 30 nitrogen and oxygen atoms in total. The van der Waals surface area contributed by atoms with Crippen molar-refractivity contribution in [1.82, 2.24) is 19.3 Å². The minimum atomic E-state index is -0.580. The molecule has 30 heteroatoms. The molecule has 0 radical (unpaired) electrons. The molecule has 1 aromatic heterocycles. The lowest BCUT2D eigenvalue weighted by Gasteiger charge is -2.25. The van der Waals surface area contributed by atoms with Crippen molar-refractivity contribution < 1.29 is 89.8 Å². The van der Waals surface area contributed by atoms with Crippen molar-refractivity contribution in [3.05, 3.63) is 182 Å². The fourth-order valence-corrected chi connectivity index (χ4v) is 21.8. The SMILES string of the molecule is CN(C)CCCN.COc1c(O)c2c(=O)cc(CO)c3c4c(CO)cc(=O)c5c(O)c(NCCCN(C)C)c6c(c(c1C(C(C)=O)=C(C)C6)c23)c54.COc1c(O)c2c(=O)cc(CO)c3c4c(CO)cc(=O)c5c(O)c(OC)c6c(c(c1CC(C)=C6C(C)=O)c23)c54.COc1c(O)c2c(=O)cc(CO)c3c4c(CO)cc(=O)c5c(O)c6c7c(c(C)cc1c(c23)c7c54)c(C)n6CCCN(C)C. The second-order valence-electron chi connectivity index (χ2n) is 35.5. The molecule has 2 aliphatic rings. The lowest BCUT2D eigenvalue weighted by molar-refractivity contribution is -0.112. The molecule has 0 bridgehead atoms. The number of aliphatic hydroxyl groups is 6. The maximum Gasteiger partial charge on any atom is 0.190 e. The number of aryl methyl sites for hydroxylation is 3. The summed E-state index contributed by atoms with van der Waals surface area (Å²) in [6.45, 7) is 11.7. The van der Waals surface area contributed by atoms with Gasteiger partial charge in [-0.25, -0.2) is 0 Å². The highest BCUT2D eigenvalue weighted by Crippen LogP contribution is 2.61. The van der Waals surface area contributed by atoms with Gasteiger partial charge in [-0.05, 0) is 272 Å². The fourth-order valence-electron chi connectivity index (χ4n) is 21.8. The molecule has 17 aromatic rings. The van der Waals surface area contributed by atoms with E-state index in [1.807, 2.05) is 53.0 Å². The first-order chi connectivity index (χ1) is 63.4. The van der Waals surface area contributed by atoms with Crippen molar-refractivity contribution in [3.63, 3.8) is 0 Å². The summed E-state index contributed by atoms with van der Waals surface area (Å²) in [4.78, 5) is 114. The first-order valence-corrected chi connectivity index (χ1v) is 43.6. The number of hydrogen-bond acceptors (Lipinski definition) is 29. The van der Waals surface area contributed by atoms with Gasteiger partial charge in [-0.2, -0.15) is 0 Å². The number of benzene rings is 15. The summed E-state index contributed by atoms with van der Waals surface area (Å²) >= 11 is 0. The summed E-state index contributed by atoms with van der Waals surface area (Å²) < 4.78 is 24.8. The molecule has 0 fully saturated rings. The molecular formula is C103H104N6O24. The predicted molar refractivity (Wildman–Crippen MR) is 521 cm³/mol. The molecule has 133 heavy (non-hydrogen) atoms. The topological polar surface area (TPSA) is 469 Å². The third-order valence-electron chi connectivity index (χ3n) is 26.8. The van der Waals surface area contributed by atoms with Crippen LogP contribution in [0.1, 0.15) is 114 Å². The van der Waals surface area contributed by atoms with Crippen LogP contribution in [0.5, 0.6) is 57.5 Å². The Hall–Kier alpha value is -13.5. The number of fused-ring (bicyclic) bond motifs is 3. The molecule has 0 saturated heterocycles. The number of aliphatic hydroxyl groups excluding tert-OH is 6. The van der Waals surface area contributed by atoms with E-state index in [1.54, 1.807) is 13.8 Å². The summed E-state index contributed by atoms with van der Waals surface area (Å²) in [7, 11) is 17.5. The first kappa shape index (κ1) is 92.8. The Balaban J connectivity index is 0.000000140. The number of Topliss-reactive ketones (excluding diaryl/α,β-unsaturated/α-hetero) is 2. The highest BCUT2D eigenvalue weighted by molar-refractivity contribution is 6.47. The molecule has 15 N–H and O–H groups in total. The van der Waals surface area contributed by atoms with Crippen LogP contribution in [0.25, 0.3) is 162 Å². The number of aromatic hydroxyl groups is 6. The van der Waals surface area contributed by atoms with E-state index >= 15 is 0 Å². The van der Waals surface area contributed by atoms with Gasteiger partial charge in [0.2, 0.25) is 0 Å². The van der Waals surface area contributed by atoms with Gasteiger partial charge in [0.1, 0.15) is 0 Å². The standard InChI is InChI=1S/C34H34N2O8.C34H32N2O7.C30H24O9.C5H14N2/c1-14-9-18-24-27-22(16(12-37)10-19(40)25(27)32(42)31(18)35-7-6-8-36(3)4)23-17(13-38)11-20(41)26-28(23)29(24)30(21(14)15(2)39)34(44-5)33(26)43;1-14-9-18-24-27-22(16(12-37)11-20(40)26(27)33(42)34(18)43-5)23-17(13-38)10-19(39)25-28(23)29(24)30-21(14)15(2)36(31(30)32(25)41)8-6-7-35(3)4;1-10-5-14-20-23-18(12(8-31)6-15(34)21(23)27(36)29(14)38-3)19-13(9-32)7-16(35)22-24(19)25(20)26(17(10)11(2)33)30(39-4)28(22)37;1-7(2)5-3-4-6/h10-11,35,37-38,42-43H,6-9,12-13H2,1-5H3;9-11,37-38,41-42H,6-8,12-13H2,1-5H3;6-7,31-32,36-37H,5,8-9H2,1-4H3;3-6H2,1-2H3. The fraction of sp³-hybridized carbons (Fsp3) is 0.320. The van der Waals surface area contributed by atoms with Crippen LogP contribution in [0.2, 0.25) is 0 Å². The van der Waals surface area contributed by atoms with Gasteiger partial charge in [0.25, 0.3) is 0 Å². The third-order valence-corrected chi connectivity index (χ3v) is 26.8. The van der Waals surface area contributed by atoms with Crippen LogP contribution in [-0.2, 0) is 68.6 Å². The van der Waals surface area contributed by atoms with Crippen LogP contribution < -0.4 is 62.6 Å². The van der Waals surface area contributed by atoms with Crippen molar-refractivity contribution in [2.45, 2.75) is 120 Å². The minimum absolute atomic E-state index is 0.0156. The zero-order valence-corrected chi connectivity index (χ0v) is 76.7. The Morgan fingerprint density at radius 3 is 1.05 bits per heavy atom. The number of allylic oxidation sites excluding steroid dienone is 4. The van der Waals surface area contributed by atoms with E-state index in [9.17, 15) is 99.6 Å². The van der Waals surface area contributed by atoms with E-state index in [1.165, 1.54) is 78.7 Å². The Bertz CT molecular complexity index is 8290. The zero-order chi connectivity index (χ0) is 96.2. The van der Waals surface area contributed by atoms with Gasteiger partial charge >= 0.3 is 0 Å². The molecule has 2 aliphatic carbocycles. The summed E-state index contributed by atoms with van der Waals surface area (Å²) in [6, 6.07) is 9.39. The molecule has 0 atom stereocenters. The normalized spacial score (nSPS) is 13.0. The van der Waals surface area contributed by atoms with Crippen LogP contribution in [0.4, 0.5) is 5.69 Å². The molecule has 690 valence electrons. The number of phenols is 6. The van der Waals surface area contributed by atoms with Crippen LogP contribution in [0, 0.1) is 13.8 Å². The number of ketones is 2. The predicted octanol–water partition coefficient (Wildman–Crippen LogP) is 11.1. The van der Waals surface area contributed by atoms with Crippen molar-refractivity contribution >= 4 is 179 Å². The maximum absolute atomic E-state index is 13.8. The zero-order valence-electron chi connectivity index (χ0n) is 76.7. The second-order valence-corrected chi connectivity index (χ2v) is 35.5. The number of nitrogens with two attached hydrogens (primary N) is 1. The molecule has 0 aliphatic heterocycles. The number of ether oxygens (including phenoxy) is 4. The largest absolute Gasteiger partial charge is 0.505 e. The minimum Gasteiger partial charge on any atom is -0.505 e. The molecular weight excluding hydrogens is 1710 g/mol. The van der Waals surface area contributed by atoms with Crippen LogP contribution >= 0.6 is 0 Å². The summed E-state index contributed by atoms with van der Waals surface area (Å²) in [5.41, 5.74) is 9.58. The Morgan fingerprint density at radius 1 is 0.368 bits per heavy atom. The number of carbonyl (C=O) groups is 2. The van der Waals surface area contributed by atoms with Crippen LogP contribution in [0.3, 0.4) is 0 Å². The molecule has 16 aromatic carbocycles. The van der Waals surface area contributed by atoms with E-state index in [2.05, 4.69) is 33.8 Å². The summed E-state index contributed by atoms with van der Waals surface area (Å²) in [5, 5.41) is 145. The van der Waals surface area contributed by atoms with Gasteiger partial charge in [0, 0.05) is 117 Å². The van der Waals surface area contributed by atoms with Gasteiger partial charge in [-0.3, -0.25) is 38.4 Å². The van der Waals surface area contributed by atoms with E-state index in [4.69, 9.17) is 24.7 Å². The van der Waals surface area contributed by atoms with Gasteiger partial charge in [-0.15, -0.1) is 0 Å². The summed E-state index contributed by atoms with van der Waals surface area (Å²) in [6.07, 6.45) is 2.97. The molecule has 0 unspecified atom stereocenters. The third kappa shape index (κ3) is 13.6. The van der Waals surface area contributed by atoms with Crippen LogP contribution in [0.15, 0.2) is 82.4 Å². The molecule has 0 amide bonds. The number of carbonyl (C=O) groups excluding carboxylic acids is 2. The number of rotatable bonds is 24. The van der Waals surface area contributed by atoms with Crippen molar-refractivity contribution in [3.8, 4) is 57.5 Å². The first-order valence-electron chi connectivity index (χ1n) is 43.6. The quantitative estimate of drug-likeness (QED) is 0.0116. The Kier molecular flexibility index (Phi) is 24.3. The average molecular weight is 1810 g/mol. The highest BCUT2D eigenvalue weighted by atomic mass is 16.5. The van der Waals surface area contributed by atoms with Gasteiger partial charge in [0.15, 0.2) is 102 Å². The number of nitrogens with one attached hydrogen (secondary N) is 1. The number of aromatic nitrogens is 1. The van der Waals surface area contributed by atoms with Gasteiger partial charge in [0.05, 0.1) is 112 Å². The number of methoxy groups -OCH3 is 4. The Labute approximate surface area is 758 Å². The second kappa shape index (κ2) is 34.9. The lowest BCUT2D eigenvalue weighted by Crippen LogP contribution is -2.17. The highest BCUT2D eigenvalue weighted by Gasteiger charge is 2.40. The van der Waals surface area contributed by atoms with Crippen molar-refractivity contribution in [2.24, 2.45) is 5.73 Å². The molecule has 0 saturated carbocycles. The molecule has 1 heterocycles. The number of anilines is 1.